The maximum Gasteiger partial charge on any atom is 0.250 e. The van der Waals surface area contributed by atoms with E-state index in [0.29, 0.717) is 24.6 Å². The predicted molar refractivity (Wildman–Crippen MR) is 144 cm³/mol. The highest BCUT2D eigenvalue weighted by molar-refractivity contribution is 6.15. The molecule has 3 aromatic carbocycles. The molecule has 36 heavy (non-hydrogen) atoms. The lowest BCUT2D eigenvalue weighted by Gasteiger charge is -2.25. The molecule has 0 atom stereocenters. The van der Waals surface area contributed by atoms with Gasteiger partial charge in [0.15, 0.2) is 0 Å². The first-order valence-electron chi connectivity index (χ1n) is 12.1. The van der Waals surface area contributed by atoms with Crippen molar-refractivity contribution in [2.24, 2.45) is 5.73 Å². The van der Waals surface area contributed by atoms with Crippen LogP contribution in [0.1, 0.15) is 23.2 Å². The van der Waals surface area contributed by atoms with Gasteiger partial charge in [-0.2, -0.15) is 0 Å². The fourth-order valence-corrected chi connectivity index (χ4v) is 5.17. The van der Waals surface area contributed by atoms with Crippen molar-refractivity contribution in [1.29, 1.82) is 0 Å². The standard InChI is InChI=1S/C29H27N5O2/c30-27-11-8-18(17-32-27)21-5-3-7-26-28(21)23-4-1-2-6-25(23)34(26)20-9-10-22(29(31)35)24(16-20)33-19-12-14-36-15-13-19/h1-11,16-17,19,33H,12-15H2,(H2,30,32)(H2,31,35). The predicted octanol–water partition coefficient (Wildman–Crippen LogP) is 5.12. The van der Waals surface area contributed by atoms with Gasteiger partial charge in [-0.3, -0.25) is 4.79 Å². The molecule has 0 saturated carbocycles. The van der Waals surface area contributed by atoms with Crippen molar-refractivity contribution in [2.45, 2.75) is 18.9 Å². The van der Waals surface area contributed by atoms with E-state index in [0.717, 1.165) is 57.1 Å². The number of amides is 1. The summed E-state index contributed by atoms with van der Waals surface area (Å²) in [5.74, 6) is 0.0453. The summed E-state index contributed by atoms with van der Waals surface area (Å²) in [6.07, 6.45) is 3.58. The number of para-hydroxylation sites is 1. The highest BCUT2D eigenvalue weighted by Gasteiger charge is 2.20. The number of carbonyl (C=O) groups is 1. The Morgan fingerprint density at radius 2 is 1.78 bits per heavy atom. The van der Waals surface area contributed by atoms with E-state index in [1.165, 1.54) is 0 Å². The highest BCUT2D eigenvalue weighted by Crippen LogP contribution is 2.39. The van der Waals surface area contributed by atoms with Gasteiger partial charge in [0.2, 0.25) is 0 Å². The fraction of sp³-hybridized carbons (Fsp3) is 0.172. The van der Waals surface area contributed by atoms with Crippen molar-refractivity contribution >= 4 is 39.2 Å². The van der Waals surface area contributed by atoms with E-state index in [9.17, 15) is 4.79 Å². The van der Waals surface area contributed by atoms with Gasteiger partial charge < -0.3 is 26.1 Å². The molecule has 1 amide bonds. The van der Waals surface area contributed by atoms with Gasteiger partial charge >= 0.3 is 0 Å². The Labute approximate surface area is 208 Å². The zero-order valence-corrected chi connectivity index (χ0v) is 19.8. The summed E-state index contributed by atoms with van der Waals surface area (Å²) < 4.78 is 7.74. The van der Waals surface area contributed by atoms with Gasteiger partial charge in [-0.1, -0.05) is 30.3 Å². The average molecular weight is 478 g/mol. The zero-order chi connectivity index (χ0) is 24.6. The van der Waals surface area contributed by atoms with Crippen LogP contribution in [0.5, 0.6) is 0 Å². The van der Waals surface area contributed by atoms with Crippen LogP contribution in [0.25, 0.3) is 38.6 Å². The number of nitrogens with one attached hydrogen (secondary N) is 1. The second kappa shape index (κ2) is 9.02. The van der Waals surface area contributed by atoms with Crippen molar-refractivity contribution in [3.63, 3.8) is 0 Å². The number of hydrogen-bond acceptors (Lipinski definition) is 5. The first-order valence-corrected chi connectivity index (χ1v) is 12.1. The summed E-state index contributed by atoms with van der Waals surface area (Å²) in [5.41, 5.74) is 18.0. The molecule has 1 fully saturated rings. The number of nitrogens with two attached hydrogens (primary N) is 2. The molecule has 1 aliphatic heterocycles. The average Bonchev–Trinajstić information content (AvgIpc) is 3.24. The van der Waals surface area contributed by atoms with Crippen molar-refractivity contribution in [2.75, 3.05) is 24.3 Å². The molecule has 7 heteroatoms. The molecular weight excluding hydrogens is 450 g/mol. The van der Waals surface area contributed by atoms with Gasteiger partial charge in [-0.25, -0.2) is 4.98 Å². The van der Waals surface area contributed by atoms with E-state index in [1.54, 1.807) is 0 Å². The number of hydrogen-bond donors (Lipinski definition) is 3. The Morgan fingerprint density at radius 3 is 2.56 bits per heavy atom. The van der Waals surface area contributed by atoms with Crippen LogP contribution in [0.2, 0.25) is 0 Å². The number of fused-ring (bicyclic) bond motifs is 3. The molecule has 0 unspecified atom stereocenters. The zero-order valence-electron chi connectivity index (χ0n) is 19.8. The minimum Gasteiger partial charge on any atom is -0.384 e. The number of benzene rings is 3. The van der Waals surface area contributed by atoms with Gasteiger partial charge in [0.25, 0.3) is 5.91 Å². The van der Waals surface area contributed by atoms with Crippen LogP contribution in [0.4, 0.5) is 11.5 Å². The van der Waals surface area contributed by atoms with Crippen molar-refractivity contribution in [3.8, 4) is 16.8 Å². The molecule has 0 aliphatic carbocycles. The molecule has 5 N–H and O–H groups in total. The number of aromatic nitrogens is 2. The molecule has 0 radical (unpaired) electrons. The molecule has 180 valence electrons. The van der Waals surface area contributed by atoms with Crippen LogP contribution < -0.4 is 16.8 Å². The van der Waals surface area contributed by atoms with Crippen LogP contribution in [-0.4, -0.2) is 34.7 Å². The smallest absolute Gasteiger partial charge is 0.250 e. The normalized spacial score (nSPS) is 14.3. The van der Waals surface area contributed by atoms with Crippen molar-refractivity contribution in [3.05, 3.63) is 84.6 Å². The molecular formula is C29H27N5O2. The van der Waals surface area contributed by atoms with Gasteiger partial charge in [0.05, 0.1) is 16.6 Å². The Morgan fingerprint density at radius 1 is 0.972 bits per heavy atom. The molecule has 1 aliphatic rings. The van der Waals surface area contributed by atoms with Gasteiger partial charge in [0, 0.05) is 53.2 Å². The van der Waals surface area contributed by atoms with E-state index >= 15 is 0 Å². The lowest BCUT2D eigenvalue weighted by molar-refractivity contribution is 0.0904. The van der Waals surface area contributed by atoms with Crippen LogP contribution in [-0.2, 0) is 4.74 Å². The van der Waals surface area contributed by atoms with Crippen LogP contribution in [0.15, 0.2) is 79.0 Å². The molecule has 0 spiro atoms. The SMILES string of the molecule is NC(=O)c1ccc(-n2c3ccccc3c3c(-c4ccc(N)nc4)cccc32)cc1NC1CCOCC1. The van der Waals surface area contributed by atoms with Crippen LogP contribution in [0.3, 0.4) is 0 Å². The fourth-order valence-electron chi connectivity index (χ4n) is 5.17. The first-order chi connectivity index (χ1) is 17.6. The lowest BCUT2D eigenvalue weighted by Crippen LogP contribution is -2.29. The summed E-state index contributed by atoms with van der Waals surface area (Å²) in [6, 6.07) is 24.5. The topological polar surface area (TPSA) is 108 Å². The van der Waals surface area contributed by atoms with E-state index in [1.807, 2.05) is 42.6 Å². The van der Waals surface area contributed by atoms with Gasteiger partial charge in [-0.15, -0.1) is 0 Å². The molecule has 6 rings (SSSR count). The van der Waals surface area contributed by atoms with E-state index in [4.69, 9.17) is 16.2 Å². The number of pyridine rings is 1. The Hall–Kier alpha value is -4.36. The van der Waals surface area contributed by atoms with Crippen molar-refractivity contribution in [1.82, 2.24) is 9.55 Å². The van der Waals surface area contributed by atoms with Crippen LogP contribution in [0, 0.1) is 0 Å². The third-order valence-electron chi connectivity index (χ3n) is 6.90. The second-order valence-corrected chi connectivity index (χ2v) is 9.15. The van der Waals surface area contributed by atoms with E-state index in [2.05, 4.69) is 51.3 Å². The maximum absolute atomic E-state index is 12.2. The minimum absolute atomic E-state index is 0.231. The number of nitrogen functional groups attached to an aromatic ring is 1. The number of carbonyl (C=O) groups excluding carboxylic acids is 1. The van der Waals surface area contributed by atoms with Gasteiger partial charge in [-0.05, 0) is 60.9 Å². The van der Waals surface area contributed by atoms with Crippen molar-refractivity contribution < 1.29 is 9.53 Å². The summed E-state index contributed by atoms with van der Waals surface area (Å²) in [5, 5.41) is 5.83. The summed E-state index contributed by atoms with van der Waals surface area (Å²) >= 11 is 0. The largest absolute Gasteiger partial charge is 0.384 e. The molecule has 7 nitrogen and oxygen atoms in total. The number of anilines is 2. The lowest BCUT2D eigenvalue weighted by atomic mass is 10.0. The molecule has 1 saturated heterocycles. The Balaban J connectivity index is 1.56. The molecule has 0 bridgehead atoms. The number of ether oxygens (including phenoxy) is 1. The summed E-state index contributed by atoms with van der Waals surface area (Å²) in [4.78, 5) is 16.6. The number of rotatable bonds is 5. The van der Waals surface area contributed by atoms with E-state index in [-0.39, 0.29) is 6.04 Å². The quantitative estimate of drug-likeness (QED) is 0.326. The third kappa shape index (κ3) is 3.83. The Bertz CT molecular complexity index is 1580. The molecule has 3 heterocycles. The first kappa shape index (κ1) is 22.1. The number of primary amides is 1. The molecule has 2 aromatic heterocycles. The molecule has 5 aromatic rings. The maximum atomic E-state index is 12.2. The van der Waals surface area contributed by atoms with E-state index < -0.39 is 5.91 Å². The number of nitrogens with zero attached hydrogens (tertiary/aromatic N) is 2. The minimum atomic E-state index is -0.448. The second-order valence-electron chi connectivity index (χ2n) is 9.15. The monoisotopic (exact) mass is 477 g/mol. The third-order valence-corrected chi connectivity index (χ3v) is 6.90. The summed E-state index contributed by atoms with van der Waals surface area (Å²) in [6.45, 7) is 1.41. The highest BCUT2D eigenvalue weighted by atomic mass is 16.5. The summed E-state index contributed by atoms with van der Waals surface area (Å²) in [7, 11) is 0. The van der Waals surface area contributed by atoms with Gasteiger partial charge in [0.1, 0.15) is 5.82 Å². The Kier molecular flexibility index (Phi) is 5.54. The van der Waals surface area contributed by atoms with Crippen LogP contribution >= 0.6 is 0 Å².